The van der Waals surface area contributed by atoms with Crippen LogP contribution in [0.15, 0.2) is 12.1 Å². The van der Waals surface area contributed by atoms with Gasteiger partial charge < -0.3 is 15.2 Å². The van der Waals surface area contributed by atoms with Crippen molar-refractivity contribution in [2.45, 2.75) is 44.8 Å². The van der Waals surface area contributed by atoms with E-state index in [1.807, 2.05) is 12.1 Å². The Bertz CT molecular complexity index is 542. The zero-order valence-corrected chi connectivity index (χ0v) is 13.6. The lowest BCUT2D eigenvalue weighted by Crippen LogP contribution is -2.43. The number of fused-ring (bicyclic) bond motifs is 1. The molecule has 1 saturated heterocycles. The predicted octanol–water partition coefficient (Wildman–Crippen LogP) is 2.98. The fourth-order valence-electron chi connectivity index (χ4n) is 3.30. The van der Waals surface area contributed by atoms with Crippen LogP contribution in [0.5, 0.6) is 11.5 Å². The maximum absolute atomic E-state index is 6.37. The van der Waals surface area contributed by atoms with Crippen molar-refractivity contribution in [3.05, 3.63) is 22.7 Å². The standard InChI is InChI=1S/C16H23ClN2O2/c1-16(2,3)19-5-4-12(18)14(19)10-8-11(17)15-13(9-10)20-6-7-21-15/h8-9,12,14H,4-7,18H2,1-3H3. The minimum atomic E-state index is 0.0680. The van der Waals surface area contributed by atoms with Crippen molar-refractivity contribution in [1.82, 2.24) is 4.90 Å². The van der Waals surface area contributed by atoms with Crippen molar-refractivity contribution >= 4 is 11.6 Å². The van der Waals surface area contributed by atoms with Crippen molar-refractivity contribution in [2.24, 2.45) is 5.73 Å². The Hall–Kier alpha value is -0.970. The maximum atomic E-state index is 6.37. The Morgan fingerprint density at radius 2 is 1.95 bits per heavy atom. The first kappa shape index (κ1) is 14.9. The number of rotatable bonds is 1. The van der Waals surface area contributed by atoms with E-state index >= 15 is 0 Å². The SMILES string of the molecule is CC(C)(C)N1CCC(N)C1c1cc(Cl)c2c(c1)OCCO2. The average molecular weight is 311 g/mol. The number of ether oxygens (including phenoxy) is 2. The van der Waals surface area contributed by atoms with Crippen molar-refractivity contribution in [2.75, 3.05) is 19.8 Å². The van der Waals surface area contributed by atoms with Gasteiger partial charge in [-0.25, -0.2) is 0 Å². The highest BCUT2D eigenvalue weighted by atomic mass is 35.5. The molecule has 2 unspecified atom stereocenters. The first-order chi connectivity index (χ1) is 9.88. The monoisotopic (exact) mass is 310 g/mol. The molecule has 2 N–H and O–H groups in total. The first-order valence-corrected chi connectivity index (χ1v) is 7.87. The molecule has 0 radical (unpaired) electrons. The summed E-state index contributed by atoms with van der Waals surface area (Å²) in [5.41, 5.74) is 7.55. The van der Waals surface area contributed by atoms with Gasteiger partial charge in [-0.15, -0.1) is 0 Å². The Morgan fingerprint density at radius 1 is 1.24 bits per heavy atom. The van der Waals surface area contributed by atoms with E-state index in [1.54, 1.807) is 0 Å². The van der Waals surface area contributed by atoms with Gasteiger partial charge in [0.2, 0.25) is 0 Å². The van der Waals surface area contributed by atoms with Gasteiger partial charge >= 0.3 is 0 Å². The number of nitrogens with zero attached hydrogens (tertiary/aromatic N) is 1. The predicted molar refractivity (Wildman–Crippen MR) is 84.2 cm³/mol. The number of nitrogens with two attached hydrogens (primary N) is 1. The van der Waals surface area contributed by atoms with E-state index in [-0.39, 0.29) is 17.6 Å². The number of halogens is 1. The lowest BCUT2D eigenvalue weighted by Gasteiger charge is -2.38. The molecule has 0 aliphatic carbocycles. The van der Waals surface area contributed by atoms with E-state index in [9.17, 15) is 0 Å². The highest BCUT2D eigenvalue weighted by molar-refractivity contribution is 6.32. The molecule has 2 aliphatic heterocycles. The highest BCUT2D eigenvalue weighted by Crippen LogP contribution is 2.44. The number of likely N-dealkylation sites (tertiary alicyclic amines) is 1. The Balaban J connectivity index is 2.00. The Labute approximate surface area is 131 Å². The molecule has 1 fully saturated rings. The van der Waals surface area contributed by atoms with E-state index in [2.05, 4.69) is 25.7 Å². The molecule has 0 aromatic heterocycles. The summed E-state index contributed by atoms with van der Waals surface area (Å²) in [6, 6.07) is 4.29. The van der Waals surface area contributed by atoms with Crippen LogP contribution in [0.3, 0.4) is 0 Å². The number of benzene rings is 1. The molecule has 5 heteroatoms. The number of hydrogen-bond donors (Lipinski definition) is 1. The van der Waals surface area contributed by atoms with Crippen LogP contribution in [-0.4, -0.2) is 36.2 Å². The molecular formula is C16H23ClN2O2. The van der Waals surface area contributed by atoms with Gasteiger partial charge in [0.15, 0.2) is 11.5 Å². The van der Waals surface area contributed by atoms with Crippen LogP contribution in [0, 0.1) is 0 Å². The Kier molecular flexibility index (Phi) is 3.80. The fourth-order valence-corrected chi connectivity index (χ4v) is 3.57. The summed E-state index contributed by atoms with van der Waals surface area (Å²) >= 11 is 6.37. The van der Waals surface area contributed by atoms with Crippen molar-refractivity contribution in [3.63, 3.8) is 0 Å². The summed E-state index contributed by atoms with van der Waals surface area (Å²) in [6.45, 7) is 8.77. The normalized spacial score (nSPS) is 26.1. The summed E-state index contributed by atoms with van der Waals surface area (Å²) in [5, 5.41) is 0.607. The van der Waals surface area contributed by atoms with Crippen LogP contribution >= 0.6 is 11.6 Å². The lowest BCUT2D eigenvalue weighted by molar-refractivity contribution is 0.116. The maximum Gasteiger partial charge on any atom is 0.179 e. The number of hydrogen-bond acceptors (Lipinski definition) is 4. The second kappa shape index (κ2) is 5.34. The molecule has 21 heavy (non-hydrogen) atoms. The van der Waals surface area contributed by atoms with Gasteiger partial charge in [-0.3, -0.25) is 4.90 Å². The van der Waals surface area contributed by atoms with E-state index in [0.717, 1.165) is 24.3 Å². The van der Waals surface area contributed by atoms with E-state index in [1.165, 1.54) is 0 Å². The van der Waals surface area contributed by atoms with Gasteiger partial charge in [-0.2, -0.15) is 0 Å². The van der Waals surface area contributed by atoms with Crippen molar-refractivity contribution in [1.29, 1.82) is 0 Å². The first-order valence-electron chi connectivity index (χ1n) is 7.49. The van der Waals surface area contributed by atoms with E-state index in [0.29, 0.717) is 24.0 Å². The summed E-state index contributed by atoms with van der Waals surface area (Å²) < 4.78 is 11.3. The van der Waals surface area contributed by atoms with Crippen molar-refractivity contribution < 1.29 is 9.47 Å². The van der Waals surface area contributed by atoms with E-state index < -0.39 is 0 Å². The smallest absolute Gasteiger partial charge is 0.179 e. The molecule has 0 bridgehead atoms. The third-order valence-electron chi connectivity index (χ3n) is 4.27. The quantitative estimate of drug-likeness (QED) is 0.866. The lowest BCUT2D eigenvalue weighted by atomic mass is 9.96. The van der Waals surface area contributed by atoms with Crippen LogP contribution < -0.4 is 15.2 Å². The molecule has 2 aliphatic rings. The summed E-state index contributed by atoms with van der Waals surface area (Å²) in [5.74, 6) is 1.39. The van der Waals surface area contributed by atoms with Gasteiger partial charge in [0.1, 0.15) is 13.2 Å². The fraction of sp³-hybridized carbons (Fsp3) is 0.625. The molecule has 0 saturated carbocycles. The molecule has 2 heterocycles. The topological polar surface area (TPSA) is 47.7 Å². The van der Waals surface area contributed by atoms with Gasteiger partial charge in [0, 0.05) is 18.1 Å². The van der Waals surface area contributed by atoms with Crippen LogP contribution in [0.4, 0.5) is 0 Å². The van der Waals surface area contributed by atoms with Crippen LogP contribution in [0.25, 0.3) is 0 Å². The van der Waals surface area contributed by atoms with Crippen molar-refractivity contribution in [3.8, 4) is 11.5 Å². The molecule has 0 amide bonds. The molecule has 1 aromatic carbocycles. The zero-order valence-electron chi connectivity index (χ0n) is 12.9. The summed E-state index contributed by atoms with van der Waals surface area (Å²) in [6.07, 6.45) is 0.994. The summed E-state index contributed by atoms with van der Waals surface area (Å²) in [7, 11) is 0. The van der Waals surface area contributed by atoms with Crippen LogP contribution in [-0.2, 0) is 0 Å². The molecule has 116 valence electrons. The summed E-state index contributed by atoms with van der Waals surface area (Å²) in [4.78, 5) is 2.44. The minimum Gasteiger partial charge on any atom is -0.486 e. The van der Waals surface area contributed by atoms with Gasteiger partial charge in [-0.05, 0) is 44.9 Å². The van der Waals surface area contributed by atoms with Gasteiger partial charge in [-0.1, -0.05) is 11.6 Å². The van der Waals surface area contributed by atoms with E-state index in [4.69, 9.17) is 26.8 Å². The molecular weight excluding hydrogens is 288 g/mol. The second-order valence-corrected chi connectivity index (χ2v) is 7.20. The van der Waals surface area contributed by atoms with Gasteiger partial charge in [0.25, 0.3) is 0 Å². The molecule has 3 rings (SSSR count). The zero-order chi connectivity index (χ0) is 15.2. The Morgan fingerprint density at radius 3 is 2.67 bits per heavy atom. The highest BCUT2D eigenvalue weighted by Gasteiger charge is 2.39. The third kappa shape index (κ3) is 2.72. The molecule has 2 atom stereocenters. The average Bonchev–Trinajstić information content (AvgIpc) is 2.80. The largest absolute Gasteiger partial charge is 0.486 e. The molecule has 0 spiro atoms. The molecule has 1 aromatic rings. The van der Waals surface area contributed by atoms with Gasteiger partial charge in [0.05, 0.1) is 11.1 Å². The second-order valence-electron chi connectivity index (χ2n) is 6.79. The van der Waals surface area contributed by atoms with Crippen LogP contribution in [0.1, 0.15) is 38.8 Å². The minimum absolute atomic E-state index is 0.0680. The van der Waals surface area contributed by atoms with Crippen LogP contribution in [0.2, 0.25) is 5.02 Å². The third-order valence-corrected chi connectivity index (χ3v) is 4.55. The molecule has 4 nitrogen and oxygen atoms in total.